The van der Waals surface area contributed by atoms with Crippen molar-refractivity contribution in [1.82, 2.24) is 9.62 Å². The Kier molecular flexibility index (Phi) is 6.52. The van der Waals surface area contributed by atoms with Gasteiger partial charge in [0, 0.05) is 39.4 Å². The van der Waals surface area contributed by atoms with Crippen molar-refractivity contribution in [2.45, 2.75) is 43.5 Å². The molecule has 2 fully saturated rings. The molecule has 0 atom stereocenters. The van der Waals surface area contributed by atoms with Gasteiger partial charge in [0.15, 0.2) is 0 Å². The predicted octanol–water partition coefficient (Wildman–Crippen LogP) is 1.23. The van der Waals surface area contributed by atoms with Gasteiger partial charge in [0.2, 0.25) is 15.9 Å². The van der Waals surface area contributed by atoms with E-state index in [-0.39, 0.29) is 23.9 Å². The van der Waals surface area contributed by atoms with Crippen LogP contribution >= 0.6 is 0 Å². The SMILES string of the molecule is NCC1(C(=O)NCc2ccccc2S(=O)(=O)N2CCCCC2)CCOCC1. The van der Waals surface area contributed by atoms with Gasteiger partial charge < -0.3 is 15.8 Å². The highest BCUT2D eigenvalue weighted by molar-refractivity contribution is 7.89. The molecule has 0 radical (unpaired) electrons. The van der Waals surface area contributed by atoms with Gasteiger partial charge in [-0.2, -0.15) is 4.31 Å². The van der Waals surface area contributed by atoms with Gasteiger partial charge in [-0.05, 0) is 37.3 Å². The standard InChI is InChI=1S/C19H29N3O4S/c20-15-19(8-12-26-13-9-19)18(23)21-14-16-6-2-3-7-17(16)27(24,25)22-10-4-1-5-11-22/h2-3,6-7H,1,4-5,8-15,20H2,(H,21,23). The highest BCUT2D eigenvalue weighted by Gasteiger charge is 2.38. The summed E-state index contributed by atoms with van der Waals surface area (Å²) >= 11 is 0. The van der Waals surface area contributed by atoms with Crippen molar-refractivity contribution < 1.29 is 17.9 Å². The van der Waals surface area contributed by atoms with Crippen LogP contribution in [0.25, 0.3) is 0 Å². The Labute approximate surface area is 161 Å². The Morgan fingerprint density at radius 3 is 2.48 bits per heavy atom. The highest BCUT2D eigenvalue weighted by atomic mass is 32.2. The lowest BCUT2D eigenvalue weighted by atomic mass is 9.79. The molecule has 27 heavy (non-hydrogen) atoms. The molecule has 2 saturated heterocycles. The number of piperidine rings is 1. The largest absolute Gasteiger partial charge is 0.381 e. The molecule has 2 aliphatic rings. The Morgan fingerprint density at radius 2 is 1.81 bits per heavy atom. The van der Waals surface area contributed by atoms with Gasteiger partial charge in [0.05, 0.1) is 10.3 Å². The minimum absolute atomic E-state index is 0.126. The molecule has 3 rings (SSSR count). The Morgan fingerprint density at radius 1 is 1.15 bits per heavy atom. The monoisotopic (exact) mass is 395 g/mol. The molecule has 0 aromatic heterocycles. The van der Waals surface area contributed by atoms with Crippen molar-refractivity contribution in [2.75, 3.05) is 32.8 Å². The molecular weight excluding hydrogens is 366 g/mol. The first-order valence-corrected chi connectivity index (χ1v) is 11.1. The maximum Gasteiger partial charge on any atom is 0.243 e. The first kappa shape index (κ1) is 20.3. The fourth-order valence-electron chi connectivity index (χ4n) is 3.79. The van der Waals surface area contributed by atoms with Gasteiger partial charge in [-0.3, -0.25) is 4.79 Å². The average Bonchev–Trinajstić information content (AvgIpc) is 2.73. The minimum Gasteiger partial charge on any atom is -0.381 e. The van der Waals surface area contributed by atoms with Gasteiger partial charge >= 0.3 is 0 Å². The first-order valence-electron chi connectivity index (χ1n) is 9.64. The molecule has 1 amide bonds. The zero-order valence-corrected chi connectivity index (χ0v) is 16.5. The first-order chi connectivity index (χ1) is 13.0. The second-order valence-corrected chi connectivity index (χ2v) is 9.26. The Balaban J connectivity index is 1.75. The van der Waals surface area contributed by atoms with Crippen LogP contribution in [0.3, 0.4) is 0 Å². The topological polar surface area (TPSA) is 102 Å². The summed E-state index contributed by atoms with van der Waals surface area (Å²) in [7, 11) is -3.55. The van der Waals surface area contributed by atoms with Crippen molar-refractivity contribution in [1.29, 1.82) is 0 Å². The zero-order valence-electron chi connectivity index (χ0n) is 15.7. The molecule has 0 bridgehead atoms. The van der Waals surface area contributed by atoms with Gasteiger partial charge in [-0.25, -0.2) is 8.42 Å². The van der Waals surface area contributed by atoms with Gasteiger partial charge in [0.25, 0.3) is 0 Å². The normalized spacial score (nSPS) is 20.9. The van der Waals surface area contributed by atoms with Gasteiger partial charge in [0.1, 0.15) is 0 Å². The van der Waals surface area contributed by atoms with E-state index in [1.807, 2.05) is 0 Å². The zero-order chi connectivity index (χ0) is 19.3. The molecule has 1 aromatic carbocycles. The van der Waals surface area contributed by atoms with E-state index in [1.165, 1.54) is 0 Å². The maximum atomic E-state index is 13.1. The number of nitrogens with two attached hydrogens (primary N) is 1. The molecule has 2 aliphatic heterocycles. The number of nitrogens with zero attached hydrogens (tertiary/aromatic N) is 1. The Bertz CT molecular complexity index is 754. The number of hydrogen-bond donors (Lipinski definition) is 2. The van der Waals surface area contributed by atoms with Crippen LogP contribution in [-0.2, 0) is 26.1 Å². The molecule has 3 N–H and O–H groups in total. The summed E-state index contributed by atoms with van der Waals surface area (Å²) in [5.74, 6) is -0.126. The third-order valence-electron chi connectivity index (χ3n) is 5.67. The summed E-state index contributed by atoms with van der Waals surface area (Å²) in [6, 6.07) is 6.90. The van der Waals surface area contributed by atoms with E-state index in [2.05, 4.69) is 5.32 Å². The molecule has 2 heterocycles. The number of rotatable bonds is 6. The van der Waals surface area contributed by atoms with Crippen LogP contribution in [0.2, 0.25) is 0 Å². The van der Waals surface area contributed by atoms with Crippen LogP contribution in [0.15, 0.2) is 29.2 Å². The highest BCUT2D eigenvalue weighted by Crippen LogP contribution is 2.30. The van der Waals surface area contributed by atoms with Crippen LogP contribution in [0.1, 0.15) is 37.7 Å². The van der Waals surface area contributed by atoms with Crippen LogP contribution in [0.4, 0.5) is 0 Å². The van der Waals surface area contributed by atoms with E-state index in [0.29, 0.717) is 44.7 Å². The molecular formula is C19H29N3O4S. The van der Waals surface area contributed by atoms with E-state index in [4.69, 9.17) is 10.5 Å². The van der Waals surface area contributed by atoms with Crippen molar-refractivity contribution >= 4 is 15.9 Å². The lowest BCUT2D eigenvalue weighted by Gasteiger charge is -2.34. The third kappa shape index (κ3) is 4.34. The number of carbonyl (C=O) groups is 1. The number of benzene rings is 1. The van der Waals surface area contributed by atoms with E-state index in [9.17, 15) is 13.2 Å². The lowest BCUT2D eigenvalue weighted by Crippen LogP contribution is -2.49. The minimum atomic E-state index is -3.55. The Hall–Kier alpha value is -1.48. The molecule has 7 nitrogen and oxygen atoms in total. The molecule has 150 valence electrons. The second-order valence-electron chi connectivity index (χ2n) is 7.35. The molecule has 0 aliphatic carbocycles. The van der Waals surface area contributed by atoms with E-state index in [1.54, 1.807) is 28.6 Å². The fraction of sp³-hybridized carbons (Fsp3) is 0.632. The number of ether oxygens (including phenoxy) is 1. The van der Waals surface area contributed by atoms with E-state index >= 15 is 0 Å². The van der Waals surface area contributed by atoms with Crippen LogP contribution < -0.4 is 11.1 Å². The van der Waals surface area contributed by atoms with Crippen molar-refractivity contribution in [3.05, 3.63) is 29.8 Å². The quantitative estimate of drug-likeness (QED) is 0.754. The summed E-state index contributed by atoms with van der Waals surface area (Å²) in [6.45, 7) is 2.58. The molecule has 0 saturated carbocycles. The number of nitrogens with one attached hydrogen (secondary N) is 1. The average molecular weight is 396 g/mol. The summed E-state index contributed by atoms with van der Waals surface area (Å²) in [5.41, 5.74) is 5.87. The maximum absolute atomic E-state index is 13.1. The lowest BCUT2D eigenvalue weighted by molar-refractivity contribution is -0.136. The second kappa shape index (κ2) is 8.68. The summed E-state index contributed by atoms with van der Waals surface area (Å²) in [6.07, 6.45) is 4.01. The predicted molar refractivity (Wildman–Crippen MR) is 102 cm³/mol. The van der Waals surface area contributed by atoms with E-state index in [0.717, 1.165) is 19.3 Å². The molecule has 0 unspecified atom stereocenters. The van der Waals surface area contributed by atoms with Gasteiger partial charge in [-0.15, -0.1) is 0 Å². The van der Waals surface area contributed by atoms with Crippen molar-refractivity contribution in [2.24, 2.45) is 11.1 Å². The third-order valence-corrected chi connectivity index (χ3v) is 7.67. The van der Waals surface area contributed by atoms with Crippen molar-refractivity contribution in [3.8, 4) is 0 Å². The van der Waals surface area contributed by atoms with Crippen molar-refractivity contribution in [3.63, 3.8) is 0 Å². The summed E-state index contributed by atoms with van der Waals surface area (Å²) < 4.78 is 33.0. The summed E-state index contributed by atoms with van der Waals surface area (Å²) in [5, 5.41) is 2.92. The van der Waals surface area contributed by atoms with E-state index < -0.39 is 15.4 Å². The number of hydrogen-bond acceptors (Lipinski definition) is 5. The van der Waals surface area contributed by atoms with Crippen LogP contribution in [0, 0.1) is 5.41 Å². The smallest absolute Gasteiger partial charge is 0.243 e. The van der Waals surface area contributed by atoms with Crippen LogP contribution in [-0.4, -0.2) is 51.5 Å². The molecule has 0 spiro atoms. The number of amides is 1. The number of sulfonamides is 1. The van der Waals surface area contributed by atoms with Gasteiger partial charge in [-0.1, -0.05) is 24.6 Å². The molecule has 1 aromatic rings. The molecule has 8 heteroatoms. The fourth-order valence-corrected chi connectivity index (χ4v) is 5.53. The van der Waals surface area contributed by atoms with Crippen LogP contribution in [0.5, 0.6) is 0 Å². The summed E-state index contributed by atoms with van der Waals surface area (Å²) in [4.78, 5) is 13.1. The number of carbonyl (C=O) groups excluding carboxylic acids is 1.